The lowest BCUT2D eigenvalue weighted by atomic mass is 9.98. The first kappa shape index (κ1) is 12.9. The van der Waals surface area contributed by atoms with Crippen LogP contribution in [0.15, 0.2) is 24.3 Å². The van der Waals surface area contributed by atoms with Crippen molar-refractivity contribution in [3.63, 3.8) is 0 Å². The molecular formula is C16H24N2O. The van der Waals surface area contributed by atoms with Crippen molar-refractivity contribution in [3.8, 4) is 0 Å². The van der Waals surface area contributed by atoms with Crippen LogP contribution < -0.4 is 10.2 Å². The molecule has 2 aliphatic heterocycles. The summed E-state index contributed by atoms with van der Waals surface area (Å²) in [6, 6.07) is 9.37. The molecule has 104 valence electrons. The molecule has 1 fully saturated rings. The molecule has 0 bridgehead atoms. The van der Waals surface area contributed by atoms with Gasteiger partial charge in [-0.3, -0.25) is 0 Å². The highest BCUT2D eigenvalue weighted by atomic mass is 16.5. The van der Waals surface area contributed by atoms with Gasteiger partial charge in [-0.05, 0) is 31.0 Å². The van der Waals surface area contributed by atoms with Crippen LogP contribution in [0.2, 0.25) is 0 Å². The highest BCUT2D eigenvalue weighted by Crippen LogP contribution is 2.28. The summed E-state index contributed by atoms with van der Waals surface area (Å²) in [6.07, 6.45) is 2.39. The van der Waals surface area contributed by atoms with Crippen LogP contribution in [-0.2, 0) is 11.2 Å². The fourth-order valence-corrected chi connectivity index (χ4v) is 3.35. The first-order valence-corrected chi connectivity index (χ1v) is 7.52. The number of anilines is 1. The third-order valence-corrected chi connectivity index (χ3v) is 4.40. The third-order valence-electron chi connectivity index (χ3n) is 4.40. The molecule has 0 spiro atoms. The van der Waals surface area contributed by atoms with E-state index in [0.717, 1.165) is 32.8 Å². The zero-order valence-electron chi connectivity index (χ0n) is 11.8. The van der Waals surface area contributed by atoms with E-state index in [-0.39, 0.29) is 0 Å². The van der Waals surface area contributed by atoms with Crippen molar-refractivity contribution in [2.45, 2.75) is 25.8 Å². The molecular weight excluding hydrogens is 236 g/mol. The molecule has 0 saturated carbocycles. The molecule has 1 aromatic rings. The van der Waals surface area contributed by atoms with Gasteiger partial charge >= 0.3 is 0 Å². The Kier molecular flexibility index (Phi) is 4.04. The van der Waals surface area contributed by atoms with E-state index in [4.69, 9.17) is 4.74 Å². The fraction of sp³-hybridized carbons (Fsp3) is 0.625. The van der Waals surface area contributed by atoms with Crippen molar-refractivity contribution in [1.82, 2.24) is 5.32 Å². The Hall–Kier alpha value is -1.06. The first-order chi connectivity index (χ1) is 9.38. The van der Waals surface area contributed by atoms with Gasteiger partial charge in [0.25, 0.3) is 0 Å². The zero-order valence-corrected chi connectivity index (χ0v) is 11.8. The predicted octanol–water partition coefficient (Wildman–Crippen LogP) is 2.06. The monoisotopic (exact) mass is 260 g/mol. The molecule has 2 atom stereocenters. The number of likely N-dealkylation sites (N-methyl/N-ethyl adjacent to an activating group) is 1. The lowest BCUT2D eigenvalue weighted by Crippen LogP contribution is -2.45. The van der Waals surface area contributed by atoms with Gasteiger partial charge in [0, 0.05) is 37.3 Å². The number of hydrogen-bond acceptors (Lipinski definition) is 3. The Morgan fingerprint density at radius 1 is 1.42 bits per heavy atom. The minimum atomic E-state index is 0.554. The summed E-state index contributed by atoms with van der Waals surface area (Å²) in [5.74, 6) is 0.674. The smallest absolute Gasteiger partial charge is 0.0510 e. The largest absolute Gasteiger partial charge is 0.381 e. The van der Waals surface area contributed by atoms with Gasteiger partial charge in [0.15, 0.2) is 0 Å². The van der Waals surface area contributed by atoms with Crippen LogP contribution in [0.4, 0.5) is 5.69 Å². The average molecular weight is 260 g/mol. The maximum absolute atomic E-state index is 5.56. The van der Waals surface area contributed by atoms with E-state index >= 15 is 0 Å². The van der Waals surface area contributed by atoms with E-state index in [9.17, 15) is 0 Å². The van der Waals surface area contributed by atoms with Crippen LogP contribution in [0.1, 0.15) is 18.9 Å². The van der Waals surface area contributed by atoms with Crippen LogP contribution in [0, 0.1) is 5.92 Å². The van der Waals surface area contributed by atoms with E-state index in [0.29, 0.717) is 12.0 Å². The van der Waals surface area contributed by atoms with E-state index in [1.807, 2.05) is 0 Å². The van der Waals surface area contributed by atoms with Crippen LogP contribution in [0.25, 0.3) is 0 Å². The average Bonchev–Trinajstić information content (AvgIpc) is 3.08. The minimum Gasteiger partial charge on any atom is -0.381 e. The van der Waals surface area contributed by atoms with Crippen molar-refractivity contribution >= 4 is 5.69 Å². The van der Waals surface area contributed by atoms with Gasteiger partial charge in [0.1, 0.15) is 0 Å². The van der Waals surface area contributed by atoms with Crippen LogP contribution >= 0.6 is 0 Å². The fourth-order valence-electron chi connectivity index (χ4n) is 3.35. The maximum Gasteiger partial charge on any atom is 0.0510 e. The molecule has 2 unspecified atom stereocenters. The Bertz CT molecular complexity index is 415. The van der Waals surface area contributed by atoms with E-state index < -0.39 is 0 Å². The molecule has 0 aromatic heterocycles. The summed E-state index contributed by atoms with van der Waals surface area (Å²) < 4.78 is 5.56. The predicted molar refractivity (Wildman–Crippen MR) is 78.7 cm³/mol. The number of nitrogens with one attached hydrogen (secondary N) is 1. The summed E-state index contributed by atoms with van der Waals surface area (Å²) in [5, 5.41) is 3.66. The minimum absolute atomic E-state index is 0.554. The molecule has 3 heteroatoms. The van der Waals surface area contributed by atoms with Crippen LogP contribution in [0.3, 0.4) is 0 Å². The molecule has 1 aromatic carbocycles. The highest BCUT2D eigenvalue weighted by Gasteiger charge is 2.28. The number of para-hydroxylation sites is 1. The van der Waals surface area contributed by atoms with E-state index in [1.165, 1.54) is 24.1 Å². The molecule has 0 amide bonds. The molecule has 3 nitrogen and oxygen atoms in total. The Labute approximate surface area is 115 Å². The van der Waals surface area contributed by atoms with Crippen LogP contribution in [-0.4, -0.2) is 38.9 Å². The van der Waals surface area contributed by atoms with Gasteiger partial charge in [-0.1, -0.05) is 25.1 Å². The number of fused-ring (bicyclic) bond motifs is 1. The molecule has 1 saturated heterocycles. The van der Waals surface area contributed by atoms with Crippen molar-refractivity contribution < 1.29 is 4.74 Å². The molecule has 19 heavy (non-hydrogen) atoms. The van der Waals surface area contributed by atoms with Gasteiger partial charge in [-0.25, -0.2) is 0 Å². The highest BCUT2D eigenvalue weighted by molar-refractivity contribution is 5.57. The molecule has 0 radical (unpaired) electrons. The summed E-state index contributed by atoms with van der Waals surface area (Å²) in [7, 11) is 0. The Morgan fingerprint density at radius 3 is 3.11 bits per heavy atom. The van der Waals surface area contributed by atoms with E-state index in [1.54, 1.807) is 0 Å². The number of benzene rings is 1. The molecule has 2 aliphatic rings. The second-order valence-corrected chi connectivity index (χ2v) is 5.61. The number of ether oxygens (including phenoxy) is 1. The van der Waals surface area contributed by atoms with Crippen molar-refractivity contribution in [3.05, 3.63) is 29.8 Å². The molecule has 0 aliphatic carbocycles. The quantitative estimate of drug-likeness (QED) is 0.877. The number of rotatable bonds is 5. The summed E-state index contributed by atoms with van der Waals surface area (Å²) >= 11 is 0. The summed E-state index contributed by atoms with van der Waals surface area (Å²) in [6.45, 7) is 7.36. The van der Waals surface area contributed by atoms with Gasteiger partial charge in [0.2, 0.25) is 0 Å². The first-order valence-electron chi connectivity index (χ1n) is 7.52. The van der Waals surface area contributed by atoms with Gasteiger partial charge in [0.05, 0.1) is 6.61 Å². The normalized spacial score (nSPS) is 23.6. The Morgan fingerprint density at radius 2 is 2.32 bits per heavy atom. The lowest BCUT2D eigenvalue weighted by Gasteiger charge is -2.30. The second-order valence-electron chi connectivity index (χ2n) is 5.61. The third kappa shape index (κ3) is 2.77. The summed E-state index contributed by atoms with van der Waals surface area (Å²) in [4.78, 5) is 2.54. The molecule has 2 heterocycles. The molecule has 3 rings (SSSR count). The van der Waals surface area contributed by atoms with Gasteiger partial charge in [-0.15, -0.1) is 0 Å². The van der Waals surface area contributed by atoms with Crippen molar-refractivity contribution in [1.29, 1.82) is 0 Å². The van der Waals surface area contributed by atoms with E-state index in [2.05, 4.69) is 41.4 Å². The molecule has 1 N–H and O–H groups in total. The second kappa shape index (κ2) is 5.93. The van der Waals surface area contributed by atoms with Gasteiger partial charge < -0.3 is 15.0 Å². The zero-order chi connectivity index (χ0) is 13.1. The Balaban J connectivity index is 1.69. The van der Waals surface area contributed by atoms with Crippen molar-refractivity contribution in [2.75, 3.05) is 37.7 Å². The maximum atomic E-state index is 5.56. The van der Waals surface area contributed by atoms with Gasteiger partial charge in [-0.2, -0.15) is 0 Å². The lowest BCUT2D eigenvalue weighted by molar-refractivity contribution is 0.177. The number of nitrogens with zero attached hydrogens (tertiary/aromatic N) is 1. The summed E-state index contributed by atoms with van der Waals surface area (Å²) in [5.41, 5.74) is 2.93. The number of hydrogen-bond donors (Lipinski definition) is 1. The standard InChI is InChI=1S/C16H24N2O/c1-2-17-15(14-8-10-19-12-14)11-18-9-7-13-5-3-4-6-16(13)18/h3-6,14-15,17H,2,7-12H2,1H3. The van der Waals surface area contributed by atoms with Crippen molar-refractivity contribution in [2.24, 2.45) is 5.92 Å². The SMILES string of the molecule is CCNC(CN1CCc2ccccc21)C1CCOC1. The topological polar surface area (TPSA) is 24.5 Å². The van der Waals surface area contributed by atoms with Crippen LogP contribution in [0.5, 0.6) is 0 Å².